The van der Waals surface area contributed by atoms with E-state index >= 15 is 0 Å². The van der Waals surface area contributed by atoms with Crippen molar-refractivity contribution in [2.45, 2.75) is 18.9 Å². The van der Waals surface area contributed by atoms with Crippen LogP contribution in [0.4, 0.5) is 11.5 Å². The fourth-order valence-electron chi connectivity index (χ4n) is 2.21. The van der Waals surface area contributed by atoms with Crippen LogP contribution in [0.15, 0.2) is 18.3 Å². The molecule has 1 aliphatic heterocycles. The van der Waals surface area contributed by atoms with Crippen LogP contribution in [-0.2, 0) is 10.0 Å². The van der Waals surface area contributed by atoms with Crippen molar-refractivity contribution in [1.82, 2.24) is 9.29 Å². The maximum atomic E-state index is 11.5. The Hall–Kier alpha value is -1.74. The minimum Gasteiger partial charge on any atom is -0.360 e. The molecule has 0 bridgehead atoms. The van der Waals surface area contributed by atoms with Crippen molar-refractivity contribution < 1.29 is 13.3 Å². The molecule has 1 aromatic heterocycles. The standard InChI is InChI=1S/C11H16N4O4S/c1-20(18,19)14-7-3-4-9(8-14)13-11-10(15(16)17)5-2-6-12-11/h2,5-6,9H,3-4,7-8H2,1H3,(H,12,13). The van der Waals surface area contributed by atoms with E-state index in [1.54, 1.807) is 0 Å². The minimum absolute atomic E-state index is 0.107. The third-order valence-electron chi connectivity index (χ3n) is 3.18. The zero-order valence-corrected chi connectivity index (χ0v) is 11.8. The van der Waals surface area contributed by atoms with Gasteiger partial charge in [-0.15, -0.1) is 0 Å². The molecule has 0 aromatic carbocycles. The molecule has 1 aromatic rings. The summed E-state index contributed by atoms with van der Waals surface area (Å²) in [6, 6.07) is 2.69. The van der Waals surface area contributed by atoms with Crippen LogP contribution in [0, 0.1) is 10.1 Å². The van der Waals surface area contributed by atoms with E-state index in [4.69, 9.17) is 0 Å². The average Bonchev–Trinajstić information content (AvgIpc) is 2.38. The second kappa shape index (κ2) is 5.71. The molecule has 110 valence electrons. The molecule has 0 spiro atoms. The van der Waals surface area contributed by atoms with E-state index in [1.807, 2.05) is 0 Å². The van der Waals surface area contributed by atoms with Gasteiger partial charge in [-0.25, -0.2) is 17.7 Å². The first kappa shape index (κ1) is 14.7. The lowest BCUT2D eigenvalue weighted by atomic mass is 10.1. The van der Waals surface area contributed by atoms with E-state index in [1.165, 1.54) is 28.9 Å². The maximum absolute atomic E-state index is 11.5. The van der Waals surface area contributed by atoms with Crippen LogP contribution in [0.3, 0.4) is 0 Å². The number of hydrogen-bond acceptors (Lipinski definition) is 6. The Kier molecular flexibility index (Phi) is 4.19. The summed E-state index contributed by atoms with van der Waals surface area (Å²) in [7, 11) is -3.24. The molecule has 1 N–H and O–H groups in total. The number of hydrogen-bond donors (Lipinski definition) is 1. The lowest BCUT2D eigenvalue weighted by molar-refractivity contribution is -0.384. The first-order valence-electron chi connectivity index (χ1n) is 6.19. The molecule has 0 radical (unpaired) electrons. The Labute approximate surface area is 117 Å². The highest BCUT2D eigenvalue weighted by Crippen LogP contribution is 2.23. The Morgan fingerprint density at radius 3 is 2.95 bits per heavy atom. The molecule has 2 rings (SSSR count). The summed E-state index contributed by atoms with van der Waals surface area (Å²) in [6.45, 7) is 0.786. The van der Waals surface area contributed by atoms with Gasteiger partial charge in [-0.05, 0) is 18.9 Å². The largest absolute Gasteiger partial charge is 0.360 e. The molecule has 2 heterocycles. The predicted molar refractivity (Wildman–Crippen MR) is 74.0 cm³/mol. The van der Waals surface area contributed by atoms with E-state index in [0.717, 1.165) is 6.42 Å². The van der Waals surface area contributed by atoms with Gasteiger partial charge >= 0.3 is 5.69 Å². The highest BCUT2D eigenvalue weighted by atomic mass is 32.2. The molecule has 0 amide bonds. The SMILES string of the molecule is CS(=O)(=O)N1CCCC(Nc2ncccc2[N+](=O)[O-])C1. The molecule has 8 nitrogen and oxygen atoms in total. The molecule has 0 saturated carbocycles. The monoisotopic (exact) mass is 300 g/mol. The molecular weight excluding hydrogens is 284 g/mol. The number of nitro groups is 1. The molecule has 1 saturated heterocycles. The number of sulfonamides is 1. The molecule has 1 atom stereocenters. The normalized spacial score (nSPS) is 20.6. The van der Waals surface area contributed by atoms with Crippen LogP contribution < -0.4 is 5.32 Å². The van der Waals surface area contributed by atoms with Gasteiger partial charge in [0.05, 0.1) is 11.2 Å². The Balaban J connectivity index is 2.12. The summed E-state index contributed by atoms with van der Waals surface area (Å²) in [5.74, 6) is 0.179. The van der Waals surface area contributed by atoms with Gasteiger partial charge in [0.25, 0.3) is 0 Å². The lowest BCUT2D eigenvalue weighted by Crippen LogP contribution is -2.44. The smallest absolute Gasteiger partial charge is 0.311 e. The molecule has 20 heavy (non-hydrogen) atoms. The average molecular weight is 300 g/mol. The van der Waals surface area contributed by atoms with Gasteiger partial charge in [-0.2, -0.15) is 0 Å². The Morgan fingerprint density at radius 1 is 1.55 bits per heavy atom. The second-order valence-electron chi connectivity index (χ2n) is 4.73. The van der Waals surface area contributed by atoms with Crippen LogP contribution >= 0.6 is 0 Å². The fourth-order valence-corrected chi connectivity index (χ4v) is 3.12. The van der Waals surface area contributed by atoms with E-state index < -0.39 is 14.9 Å². The summed E-state index contributed by atoms with van der Waals surface area (Å²) >= 11 is 0. The highest BCUT2D eigenvalue weighted by molar-refractivity contribution is 7.88. The third kappa shape index (κ3) is 3.42. The molecule has 9 heteroatoms. The van der Waals surface area contributed by atoms with Gasteiger partial charge in [0.15, 0.2) is 0 Å². The topological polar surface area (TPSA) is 105 Å². The number of nitrogens with one attached hydrogen (secondary N) is 1. The van der Waals surface area contributed by atoms with Crippen molar-refractivity contribution in [3.8, 4) is 0 Å². The fraction of sp³-hybridized carbons (Fsp3) is 0.545. The van der Waals surface area contributed by atoms with Gasteiger partial charge in [0.1, 0.15) is 0 Å². The summed E-state index contributed by atoms with van der Waals surface area (Å²) in [5.41, 5.74) is -0.107. The number of nitrogens with zero attached hydrogens (tertiary/aromatic N) is 3. The highest BCUT2D eigenvalue weighted by Gasteiger charge is 2.27. The number of anilines is 1. The van der Waals surface area contributed by atoms with Crippen molar-refractivity contribution in [2.24, 2.45) is 0 Å². The lowest BCUT2D eigenvalue weighted by Gasteiger charge is -2.31. The first-order chi connectivity index (χ1) is 9.38. The molecular formula is C11H16N4O4S. The van der Waals surface area contributed by atoms with Crippen molar-refractivity contribution in [1.29, 1.82) is 0 Å². The van der Waals surface area contributed by atoms with Crippen LogP contribution in [0.5, 0.6) is 0 Å². The van der Waals surface area contributed by atoms with Gasteiger partial charge < -0.3 is 5.32 Å². The van der Waals surface area contributed by atoms with Gasteiger partial charge in [0, 0.05) is 31.4 Å². The van der Waals surface area contributed by atoms with Gasteiger partial charge in [0.2, 0.25) is 15.8 Å². The molecule has 1 aliphatic rings. The van der Waals surface area contributed by atoms with Crippen molar-refractivity contribution in [3.05, 3.63) is 28.4 Å². The third-order valence-corrected chi connectivity index (χ3v) is 4.45. The summed E-state index contributed by atoms with van der Waals surface area (Å²) in [4.78, 5) is 14.4. The molecule has 1 fully saturated rings. The molecule has 0 aliphatic carbocycles. The zero-order valence-electron chi connectivity index (χ0n) is 11.0. The molecule has 1 unspecified atom stereocenters. The van der Waals surface area contributed by atoms with Crippen LogP contribution in [0.1, 0.15) is 12.8 Å². The number of aromatic nitrogens is 1. The van der Waals surface area contributed by atoms with E-state index in [0.29, 0.717) is 19.5 Å². The minimum atomic E-state index is -3.24. The first-order valence-corrected chi connectivity index (χ1v) is 8.04. The van der Waals surface area contributed by atoms with Crippen molar-refractivity contribution >= 4 is 21.5 Å². The number of pyridine rings is 1. The van der Waals surface area contributed by atoms with E-state index in [2.05, 4.69) is 10.3 Å². The van der Waals surface area contributed by atoms with Gasteiger partial charge in [-0.3, -0.25) is 10.1 Å². The van der Waals surface area contributed by atoms with Gasteiger partial charge in [-0.1, -0.05) is 0 Å². The second-order valence-corrected chi connectivity index (χ2v) is 6.72. The van der Waals surface area contributed by atoms with E-state index in [-0.39, 0.29) is 17.5 Å². The quantitative estimate of drug-likeness (QED) is 0.652. The van der Waals surface area contributed by atoms with Crippen LogP contribution in [0.2, 0.25) is 0 Å². The summed E-state index contributed by atoms with van der Waals surface area (Å²) in [6.07, 6.45) is 4.09. The number of piperidine rings is 1. The zero-order chi connectivity index (χ0) is 14.8. The van der Waals surface area contributed by atoms with Crippen molar-refractivity contribution in [3.63, 3.8) is 0 Å². The Morgan fingerprint density at radius 2 is 2.30 bits per heavy atom. The van der Waals surface area contributed by atoms with E-state index in [9.17, 15) is 18.5 Å². The van der Waals surface area contributed by atoms with Crippen molar-refractivity contribution in [2.75, 3.05) is 24.7 Å². The van der Waals surface area contributed by atoms with Crippen LogP contribution in [-0.4, -0.2) is 48.0 Å². The predicted octanol–water partition coefficient (Wildman–Crippen LogP) is 0.826. The van der Waals surface area contributed by atoms with Crippen LogP contribution in [0.25, 0.3) is 0 Å². The summed E-state index contributed by atoms with van der Waals surface area (Å²) < 4.78 is 24.4. The number of rotatable bonds is 4. The maximum Gasteiger partial charge on any atom is 0.311 e. The Bertz CT molecular complexity index is 604. The summed E-state index contributed by atoms with van der Waals surface area (Å²) in [5, 5.41) is 13.9.